The van der Waals surface area contributed by atoms with Gasteiger partial charge in [0, 0.05) is 11.6 Å². The van der Waals surface area contributed by atoms with E-state index in [1.165, 1.54) is 0 Å². The molecular formula is C22H23N3O4. The van der Waals surface area contributed by atoms with Gasteiger partial charge in [-0.1, -0.05) is 18.2 Å². The third-order valence-corrected chi connectivity index (χ3v) is 4.37. The van der Waals surface area contributed by atoms with Crippen LogP contribution in [0.1, 0.15) is 24.9 Å². The highest BCUT2D eigenvalue weighted by Crippen LogP contribution is 2.24. The Morgan fingerprint density at radius 1 is 1.10 bits per heavy atom. The number of anilines is 1. The lowest BCUT2D eigenvalue weighted by atomic mass is 10.0. The number of hydrogen-bond donors (Lipinski definition) is 2. The predicted octanol–water partition coefficient (Wildman–Crippen LogP) is 4.06. The fourth-order valence-electron chi connectivity index (χ4n) is 3.03. The molecule has 1 heterocycles. The van der Waals surface area contributed by atoms with Crippen LogP contribution >= 0.6 is 0 Å². The molecule has 2 N–H and O–H groups in total. The smallest absolute Gasteiger partial charge is 0.319 e. The topological polar surface area (TPSA) is 89.5 Å². The third-order valence-electron chi connectivity index (χ3n) is 4.37. The van der Waals surface area contributed by atoms with Crippen LogP contribution in [0.5, 0.6) is 5.75 Å². The van der Waals surface area contributed by atoms with E-state index >= 15 is 0 Å². The molecule has 1 atom stereocenters. The lowest BCUT2D eigenvalue weighted by Gasteiger charge is -2.20. The summed E-state index contributed by atoms with van der Waals surface area (Å²) in [5.74, 6) is 0.244. The summed E-state index contributed by atoms with van der Waals surface area (Å²) in [6.45, 7) is 2.02. The van der Waals surface area contributed by atoms with Crippen LogP contribution in [0, 0.1) is 0 Å². The van der Waals surface area contributed by atoms with Gasteiger partial charge in [0.1, 0.15) is 5.75 Å². The van der Waals surface area contributed by atoms with Crippen molar-refractivity contribution in [2.24, 2.45) is 0 Å². The molecule has 2 amide bonds. The Balaban J connectivity index is 1.80. The lowest BCUT2D eigenvalue weighted by Crippen LogP contribution is -2.34. The molecule has 1 aromatic heterocycles. The number of aromatic nitrogens is 1. The quantitative estimate of drug-likeness (QED) is 0.591. The first-order valence-corrected chi connectivity index (χ1v) is 9.31. The van der Waals surface area contributed by atoms with E-state index in [1.807, 2.05) is 36.4 Å². The summed E-state index contributed by atoms with van der Waals surface area (Å²) in [7, 11) is 1.56. The van der Waals surface area contributed by atoms with E-state index in [2.05, 4.69) is 15.6 Å². The van der Waals surface area contributed by atoms with Crippen LogP contribution in [0.15, 0.2) is 60.8 Å². The van der Waals surface area contributed by atoms with Gasteiger partial charge in [0.15, 0.2) is 0 Å². The monoisotopic (exact) mass is 393 g/mol. The van der Waals surface area contributed by atoms with Crippen LogP contribution in [-0.2, 0) is 9.53 Å². The van der Waals surface area contributed by atoms with E-state index in [-0.39, 0.29) is 13.0 Å². The first-order chi connectivity index (χ1) is 14.1. The molecule has 0 saturated heterocycles. The zero-order valence-corrected chi connectivity index (χ0v) is 16.3. The van der Waals surface area contributed by atoms with E-state index in [9.17, 15) is 9.59 Å². The van der Waals surface area contributed by atoms with Crippen molar-refractivity contribution in [3.05, 3.63) is 66.4 Å². The number of rotatable bonds is 7. The molecule has 150 valence electrons. The molecule has 0 fully saturated rings. The molecule has 0 unspecified atom stereocenters. The molecule has 3 rings (SSSR count). The Kier molecular flexibility index (Phi) is 6.63. The fraction of sp³-hybridized carbons (Fsp3) is 0.227. The minimum atomic E-state index is -0.572. The van der Waals surface area contributed by atoms with Gasteiger partial charge in [0.2, 0.25) is 0 Å². The van der Waals surface area contributed by atoms with E-state index in [1.54, 1.807) is 38.4 Å². The molecule has 0 aliphatic rings. The second-order valence-electron chi connectivity index (χ2n) is 6.31. The summed E-state index contributed by atoms with van der Waals surface area (Å²) in [5.41, 5.74) is 2.15. The van der Waals surface area contributed by atoms with Gasteiger partial charge < -0.3 is 20.1 Å². The second kappa shape index (κ2) is 9.54. The number of ether oxygens (including phenoxy) is 2. The highest BCUT2D eigenvalue weighted by Gasteiger charge is 2.20. The molecule has 7 nitrogen and oxygen atoms in total. The van der Waals surface area contributed by atoms with Gasteiger partial charge in [0.05, 0.1) is 37.4 Å². The number of methoxy groups -OCH3 is 1. The van der Waals surface area contributed by atoms with Gasteiger partial charge in [-0.05, 0) is 48.9 Å². The van der Waals surface area contributed by atoms with E-state index in [0.717, 1.165) is 16.5 Å². The van der Waals surface area contributed by atoms with Crippen molar-refractivity contribution >= 4 is 28.6 Å². The van der Waals surface area contributed by atoms with Gasteiger partial charge in [0.25, 0.3) is 0 Å². The zero-order chi connectivity index (χ0) is 20.6. The number of esters is 1. The summed E-state index contributed by atoms with van der Waals surface area (Å²) < 4.78 is 10.3. The van der Waals surface area contributed by atoms with Crippen molar-refractivity contribution < 1.29 is 19.1 Å². The number of carbonyl (C=O) groups excluding carboxylic acids is 2. The maximum absolute atomic E-state index is 12.7. The standard InChI is InChI=1S/C22H23N3O4/c1-3-29-21(26)14-20(15-7-4-8-16(13-15)28-2)25-22(27)24-19-11-5-10-18-17(19)9-6-12-23-18/h4-13,20H,3,14H2,1-2H3,(H2,24,25,27)/t20-/m0/s1. The van der Waals surface area contributed by atoms with E-state index in [0.29, 0.717) is 11.4 Å². The average Bonchev–Trinajstić information content (AvgIpc) is 2.74. The van der Waals surface area contributed by atoms with Crippen LogP contribution in [-0.4, -0.2) is 30.7 Å². The Morgan fingerprint density at radius 3 is 2.72 bits per heavy atom. The number of nitrogens with one attached hydrogen (secondary N) is 2. The summed E-state index contributed by atoms with van der Waals surface area (Å²) in [4.78, 5) is 29.1. The number of carbonyl (C=O) groups is 2. The molecule has 0 saturated carbocycles. The molecule has 3 aromatic rings. The van der Waals surface area contributed by atoms with E-state index < -0.39 is 18.0 Å². The minimum Gasteiger partial charge on any atom is -0.497 e. The van der Waals surface area contributed by atoms with Crippen molar-refractivity contribution in [3.8, 4) is 5.75 Å². The number of benzene rings is 2. The maximum Gasteiger partial charge on any atom is 0.319 e. The summed E-state index contributed by atoms with van der Waals surface area (Å²) >= 11 is 0. The largest absolute Gasteiger partial charge is 0.497 e. The van der Waals surface area contributed by atoms with Crippen molar-refractivity contribution in [1.82, 2.24) is 10.3 Å². The van der Waals surface area contributed by atoms with Crippen LogP contribution in [0.3, 0.4) is 0 Å². The first kappa shape index (κ1) is 20.1. The molecule has 0 radical (unpaired) electrons. The maximum atomic E-state index is 12.7. The lowest BCUT2D eigenvalue weighted by molar-refractivity contribution is -0.143. The van der Waals surface area contributed by atoms with Gasteiger partial charge in [-0.15, -0.1) is 0 Å². The molecular weight excluding hydrogens is 370 g/mol. The molecule has 7 heteroatoms. The molecule has 2 aromatic carbocycles. The fourth-order valence-corrected chi connectivity index (χ4v) is 3.03. The average molecular weight is 393 g/mol. The molecule has 0 aliphatic carbocycles. The molecule has 0 bridgehead atoms. The normalized spacial score (nSPS) is 11.5. The third kappa shape index (κ3) is 5.22. The first-order valence-electron chi connectivity index (χ1n) is 9.31. The number of hydrogen-bond acceptors (Lipinski definition) is 5. The van der Waals surface area contributed by atoms with E-state index in [4.69, 9.17) is 9.47 Å². The summed E-state index contributed by atoms with van der Waals surface area (Å²) in [5, 5.41) is 6.53. The number of urea groups is 1. The van der Waals surface area contributed by atoms with Gasteiger partial charge in [-0.2, -0.15) is 0 Å². The Morgan fingerprint density at radius 2 is 1.93 bits per heavy atom. The number of pyridine rings is 1. The Labute approximate surface area is 169 Å². The van der Waals surface area contributed by atoms with Gasteiger partial charge >= 0.3 is 12.0 Å². The Bertz CT molecular complexity index is 1000. The van der Waals surface area contributed by atoms with Crippen LogP contribution < -0.4 is 15.4 Å². The predicted molar refractivity (Wildman–Crippen MR) is 111 cm³/mol. The SMILES string of the molecule is CCOC(=O)C[C@H](NC(=O)Nc1cccc2ncccc12)c1cccc(OC)c1. The number of fused-ring (bicyclic) bond motifs is 1. The number of amides is 2. The molecule has 0 aliphatic heterocycles. The Hall–Kier alpha value is -3.61. The van der Waals surface area contributed by atoms with Crippen LogP contribution in [0.4, 0.5) is 10.5 Å². The van der Waals surface area contributed by atoms with Gasteiger partial charge in [-0.25, -0.2) is 4.79 Å². The number of nitrogens with zero attached hydrogens (tertiary/aromatic N) is 1. The van der Waals surface area contributed by atoms with Gasteiger partial charge in [-0.3, -0.25) is 9.78 Å². The van der Waals surface area contributed by atoms with Crippen LogP contribution in [0.2, 0.25) is 0 Å². The molecule has 0 spiro atoms. The highest BCUT2D eigenvalue weighted by molar-refractivity contribution is 6.00. The molecule has 29 heavy (non-hydrogen) atoms. The summed E-state index contributed by atoms with van der Waals surface area (Å²) in [6, 6.07) is 15.4. The van der Waals surface area contributed by atoms with Crippen molar-refractivity contribution in [2.75, 3.05) is 19.0 Å². The van der Waals surface area contributed by atoms with Crippen molar-refractivity contribution in [1.29, 1.82) is 0 Å². The zero-order valence-electron chi connectivity index (χ0n) is 16.3. The van der Waals surface area contributed by atoms with Crippen molar-refractivity contribution in [3.63, 3.8) is 0 Å². The van der Waals surface area contributed by atoms with Crippen LogP contribution in [0.25, 0.3) is 10.9 Å². The second-order valence-corrected chi connectivity index (χ2v) is 6.31. The van der Waals surface area contributed by atoms with Crippen molar-refractivity contribution in [2.45, 2.75) is 19.4 Å². The summed E-state index contributed by atoms with van der Waals surface area (Å²) in [6.07, 6.45) is 1.70. The highest BCUT2D eigenvalue weighted by atomic mass is 16.5. The minimum absolute atomic E-state index is 0.00548.